The van der Waals surface area contributed by atoms with Gasteiger partial charge in [-0.2, -0.15) is 0 Å². The lowest BCUT2D eigenvalue weighted by molar-refractivity contribution is -0.123. The molecule has 0 saturated heterocycles. The monoisotopic (exact) mass is 334 g/mol. The third-order valence-corrected chi connectivity index (χ3v) is 3.24. The van der Waals surface area contributed by atoms with Crippen LogP contribution in [0.1, 0.15) is 50.5 Å². The minimum absolute atomic E-state index is 0.00827. The topological polar surface area (TPSA) is 84.5 Å². The standard InChI is InChI=1S/C18H26N2O4/c1-12(2)10-19-17(23)20-15(21)11-24-16(22)13-6-8-14(9-7-13)18(3,4)5/h6-9,12H,10-11H2,1-5H3,(H2,19,20,21,23). The lowest BCUT2D eigenvalue weighted by Crippen LogP contribution is -2.42. The summed E-state index contributed by atoms with van der Waals surface area (Å²) in [7, 11) is 0. The Bertz CT molecular complexity index is 586. The van der Waals surface area contributed by atoms with Gasteiger partial charge < -0.3 is 10.1 Å². The average Bonchev–Trinajstić information content (AvgIpc) is 2.50. The first-order valence-electron chi connectivity index (χ1n) is 7.95. The molecule has 6 heteroatoms. The SMILES string of the molecule is CC(C)CNC(=O)NC(=O)COC(=O)c1ccc(C(C)(C)C)cc1. The van der Waals surface area contributed by atoms with E-state index in [1.165, 1.54) is 0 Å². The predicted molar refractivity (Wildman–Crippen MR) is 91.8 cm³/mol. The molecule has 0 atom stereocenters. The molecule has 2 N–H and O–H groups in total. The summed E-state index contributed by atoms with van der Waals surface area (Å²) in [6.07, 6.45) is 0. The van der Waals surface area contributed by atoms with Crippen molar-refractivity contribution in [3.05, 3.63) is 35.4 Å². The van der Waals surface area contributed by atoms with Gasteiger partial charge in [0.25, 0.3) is 5.91 Å². The van der Waals surface area contributed by atoms with E-state index in [1.807, 2.05) is 26.0 Å². The van der Waals surface area contributed by atoms with Gasteiger partial charge in [0.1, 0.15) is 0 Å². The van der Waals surface area contributed by atoms with Gasteiger partial charge in [-0.05, 0) is 29.0 Å². The summed E-state index contributed by atoms with van der Waals surface area (Å²) < 4.78 is 4.91. The van der Waals surface area contributed by atoms with Gasteiger partial charge in [-0.25, -0.2) is 9.59 Å². The first-order valence-corrected chi connectivity index (χ1v) is 7.95. The number of benzene rings is 1. The second kappa shape index (κ2) is 8.47. The Morgan fingerprint density at radius 1 is 1.08 bits per heavy atom. The number of rotatable bonds is 5. The molecule has 0 fully saturated rings. The zero-order valence-electron chi connectivity index (χ0n) is 14.9. The van der Waals surface area contributed by atoms with Crippen LogP contribution < -0.4 is 10.6 Å². The van der Waals surface area contributed by atoms with Crippen molar-refractivity contribution in [3.8, 4) is 0 Å². The van der Waals surface area contributed by atoms with Crippen molar-refractivity contribution in [2.75, 3.05) is 13.2 Å². The van der Waals surface area contributed by atoms with Crippen molar-refractivity contribution < 1.29 is 19.1 Å². The maximum absolute atomic E-state index is 11.9. The summed E-state index contributed by atoms with van der Waals surface area (Å²) in [4.78, 5) is 34.9. The fourth-order valence-electron chi connectivity index (χ4n) is 1.82. The van der Waals surface area contributed by atoms with Crippen molar-refractivity contribution in [1.82, 2.24) is 10.6 Å². The van der Waals surface area contributed by atoms with Crippen molar-refractivity contribution in [3.63, 3.8) is 0 Å². The molecule has 0 radical (unpaired) electrons. The van der Waals surface area contributed by atoms with Crippen molar-refractivity contribution >= 4 is 17.9 Å². The van der Waals surface area contributed by atoms with Crippen molar-refractivity contribution in [1.29, 1.82) is 0 Å². The van der Waals surface area contributed by atoms with Gasteiger partial charge in [0.05, 0.1) is 5.56 Å². The van der Waals surface area contributed by atoms with Gasteiger partial charge in [-0.15, -0.1) is 0 Å². The highest BCUT2D eigenvalue weighted by Crippen LogP contribution is 2.22. The average molecular weight is 334 g/mol. The lowest BCUT2D eigenvalue weighted by Gasteiger charge is -2.18. The molecule has 3 amide bonds. The normalized spacial score (nSPS) is 11.1. The van der Waals surface area contributed by atoms with Gasteiger partial charge in [0.15, 0.2) is 6.61 Å². The van der Waals surface area contributed by atoms with Crippen LogP contribution in [-0.4, -0.2) is 31.1 Å². The fraction of sp³-hybridized carbons (Fsp3) is 0.500. The van der Waals surface area contributed by atoms with Crippen LogP contribution in [0.15, 0.2) is 24.3 Å². The third kappa shape index (κ3) is 6.81. The molecule has 0 saturated carbocycles. The van der Waals surface area contributed by atoms with E-state index < -0.39 is 24.5 Å². The third-order valence-electron chi connectivity index (χ3n) is 3.24. The summed E-state index contributed by atoms with van der Waals surface area (Å²) in [5.41, 5.74) is 1.45. The maximum atomic E-state index is 11.9. The minimum Gasteiger partial charge on any atom is -0.452 e. The van der Waals surface area contributed by atoms with Crippen LogP contribution in [-0.2, 0) is 14.9 Å². The highest BCUT2D eigenvalue weighted by atomic mass is 16.5. The Kier molecular flexibility index (Phi) is 6.95. The molecule has 1 aromatic rings. The van der Waals surface area contributed by atoms with Crippen molar-refractivity contribution in [2.24, 2.45) is 5.92 Å². The van der Waals surface area contributed by atoms with E-state index in [2.05, 4.69) is 31.4 Å². The highest BCUT2D eigenvalue weighted by Gasteiger charge is 2.16. The molecule has 0 aliphatic rings. The Balaban J connectivity index is 2.45. The van der Waals surface area contributed by atoms with Gasteiger partial charge in [-0.3, -0.25) is 10.1 Å². The smallest absolute Gasteiger partial charge is 0.338 e. The quantitative estimate of drug-likeness (QED) is 0.811. The van der Waals surface area contributed by atoms with E-state index in [0.29, 0.717) is 12.1 Å². The molecule has 24 heavy (non-hydrogen) atoms. The first kappa shape index (κ1) is 19.7. The zero-order chi connectivity index (χ0) is 18.3. The van der Waals surface area contributed by atoms with E-state index in [9.17, 15) is 14.4 Å². The van der Waals surface area contributed by atoms with E-state index in [1.54, 1.807) is 12.1 Å². The molecule has 0 aromatic heterocycles. The number of imide groups is 1. The molecule has 0 unspecified atom stereocenters. The summed E-state index contributed by atoms with van der Waals surface area (Å²) in [5.74, 6) is -0.996. The molecule has 1 rings (SSSR count). The molecule has 1 aromatic carbocycles. The number of urea groups is 1. The molecular formula is C18H26N2O4. The summed E-state index contributed by atoms with van der Waals surface area (Å²) >= 11 is 0. The second-order valence-corrected chi connectivity index (χ2v) is 7.06. The van der Waals surface area contributed by atoms with Crippen LogP contribution >= 0.6 is 0 Å². The molecule has 0 aliphatic heterocycles. The molecule has 6 nitrogen and oxygen atoms in total. The molecule has 0 spiro atoms. The zero-order valence-corrected chi connectivity index (χ0v) is 14.9. The number of ether oxygens (including phenoxy) is 1. The Hall–Kier alpha value is -2.37. The molecular weight excluding hydrogens is 308 g/mol. The van der Waals surface area contributed by atoms with Crippen LogP contribution in [0.4, 0.5) is 4.79 Å². The maximum Gasteiger partial charge on any atom is 0.338 e. The number of hydrogen-bond acceptors (Lipinski definition) is 4. The fourth-order valence-corrected chi connectivity index (χ4v) is 1.82. The molecule has 132 valence electrons. The Labute approximate surface area is 143 Å². The Morgan fingerprint density at radius 3 is 2.17 bits per heavy atom. The van der Waals surface area contributed by atoms with E-state index in [4.69, 9.17) is 4.74 Å². The molecule has 0 heterocycles. The second-order valence-electron chi connectivity index (χ2n) is 7.06. The van der Waals surface area contributed by atoms with Gasteiger partial charge >= 0.3 is 12.0 Å². The summed E-state index contributed by atoms with van der Waals surface area (Å²) in [6, 6.07) is 6.44. The van der Waals surface area contributed by atoms with Crippen LogP contribution in [0.2, 0.25) is 0 Å². The number of nitrogens with one attached hydrogen (secondary N) is 2. The van der Waals surface area contributed by atoms with E-state index >= 15 is 0 Å². The van der Waals surface area contributed by atoms with Crippen molar-refractivity contribution in [2.45, 2.75) is 40.0 Å². The van der Waals surface area contributed by atoms with Gasteiger partial charge in [0.2, 0.25) is 0 Å². The first-order chi connectivity index (χ1) is 11.1. The highest BCUT2D eigenvalue weighted by molar-refractivity contribution is 5.97. The van der Waals surface area contributed by atoms with Crippen LogP contribution in [0.5, 0.6) is 0 Å². The summed E-state index contributed by atoms with van der Waals surface area (Å²) in [6.45, 7) is 10.1. The number of esters is 1. The largest absolute Gasteiger partial charge is 0.452 e. The molecule has 0 bridgehead atoms. The predicted octanol–water partition coefficient (Wildman–Crippen LogP) is 2.62. The van der Waals surface area contributed by atoms with E-state index in [-0.39, 0.29) is 11.3 Å². The van der Waals surface area contributed by atoms with Gasteiger partial charge in [0, 0.05) is 6.54 Å². The number of carbonyl (C=O) groups is 3. The molecule has 0 aliphatic carbocycles. The number of hydrogen-bond donors (Lipinski definition) is 2. The van der Waals surface area contributed by atoms with Crippen LogP contribution in [0.3, 0.4) is 0 Å². The lowest BCUT2D eigenvalue weighted by atomic mass is 9.87. The van der Waals surface area contributed by atoms with Crippen LogP contribution in [0.25, 0.3) is 0 Å². The van der Waals surface area contributed by atoms with Crippen LogP contribution in [0, 0.1) is 5.92 Å². The van der Waals surface area contributed by atoms with Gasteiger partial charge in [-0.1, -0.05) is 46.8 Å². The Morgan fingerprint density at radius 2 is 1.67 bits per heavy atom. The van der Waals surface area contributed by atoms with E-state index in [0.717, 1.165) is 5.56 Å². The number of amides is 3. The minimum atomic E-state index is -0.670. The summed E-state index contributed by atoms with van der Waals surface area (Å²) in [5, 5.41) is 4.65. The number of carbonyl (C=O) groups excluding carboxylic acids is 3.